The van der Waals surface area contributed by atoms with Crippen LogP contribution >= 0.6 is 11.3 Å². The van der Waals surface area contributed by atoms with Gasteiger partial charge in [0.1, 0.15) is 0 Å². The Kier molecular flexibility index (Phi) is 6.80. The summed E-state index contributed by atoms with van der Waals surface area (Å²) in [6.07, 6.45) is 5.55. The van der Waals surface area contributed by atoms with E-state index in [2.05, 4.69) is 25.2 Å². The van der Waals surface area contributed by atoms with Gasteiger partial charge in [-0.3, -0.25) is 9.59 Å². The highest BCUT2D eigenvalue weighted by Gasteiger charge is 2.22. The van der Waals surface area contributed by atoms with Crippen molar-refractivity contribution in [1.29, 1.82) is 0 Å². The third-order valence-electron chi connectivity index (χ3n) is 5.69. The van der Waals surface area contributed by atoms with Gasteiger partial charge in [-0.15, -0.1) is 11.3 Å². The number of nitrogens with one attached hydrogen (secondary N) is 1. The van der Waals surface area contributed by atoms with Crippen molar-refractivity contribution in [1.82, 2.24) is 19.9 Å². The Balaban J connectivity index is 1.09. The molecule has 0 atom stereocenters. The highest BCUT2D eigenvalue weighted by molar-refractivity contribution is 7.13. The second kappa shape index (κ2) is 10.5. The fourth-order valence-corrected chi connectivity index (χ4v) is 4.66. The van der Waals surface area contributed by atoms with Crippen molar-refractivity contribution in [2.24, 2.45) is 0 Å². The maximum absolute atomic E-state index is 12.8. The minimum absolute atomic E-state index is 0.0892. The van der Waals surface area contributed by atoms with Gasteiger partial charge in [-0.2, -0.15) is 0 Å². The second-order valence-corrected chi connectivity index (χ2v) is 8.99. The molecule has 1 aromatic carbocycles. The number of benzene rings is 1. The number of piperazine rings is 1. The van der Waals surface area contributed by atoms with Crippen LogP contribution in [0, 0.1) is 0 Å². The maximum atomic E-state index is 12.8. The lowest BCUT2D eigenvalue weighted by Gasteiger charge is -2.34. The summed E-state index contributed by atoms with van der Waals surface area (Å²) in [6, 6.07) is 12.8. The van der Waals surface area contributed by atoms with Crippen LogP contribution in [0.1, 0.15) is 11.3 Å². The topological polar surface area (TPSA) is 104 Å². The molecule has 5 rings (SSSR count). The highest BCUT2D eigenvalue weighted by atomic mass is 32.1. The average molecular weight is 489 g/mol. The van der Waals surface area contributed by atoms with E-state index in [1.54, 1.807) is 24.7 Å². The first kappa shape index (κ1) is 22.7. The summed E-state index contributed by atoms with van der Waals surface area (Å²) < 4.78 is 5.35. The van der Waals surface area contributed by atoms with E-state index in [1.165, 1.54) is 11.3 Å². The molecule has 4 aromatic rings. The van der Waals surface area contributed by atoms with Crippen LogP contribution in [0.15, 0.2) is 70.9 Å². The van der Waals surface area contributed by atoms with Crippen LogP contribution in [0.3, 0.4) is 0 Å². The number of aromatic nitrogens is 3. The number of anilines is 2. The minimum atomic E-state index is -0.148. The standard InChI is InChI=1S/C25H24N6O3S/c32-22(16-20-17-35-24(29-20)21-3-1-14-34-21)28-19-6-4-18(5-7-19)15-23(33)30-10-12-31(13-11-30)25-26-8-2-9-27-25/h1-9,14,17H,10-13,15-16H2,(H,28,32). The molecule has 0 aliphatic carbocycles. The van der Waals surface area contributed by atoms with Crippen molar-refractivity contribution in [2.75, 3.05) is 36.4 Å². The van der Waals surface area contributed by atoms with E-state index < -0.39 is 0 Å². The summed E-state index contributed by atoms with van der Waals surface area (Å²) in [5.41, 5.74) is 2.29. The van der Waals surface area contributed by atoms with Crippen molar-refractivity contribution >= 4 is 34.8 Å². The molecular formula is C25H24N6O3S. The highest BCUT2D eigenvalue weighted by Crippen LogP contribution is 2.24. The third kappa shape index (κ3) is 5.72. The molecule has 0 radical (unpaired) electrons. The number of thiazole rings is 1. The van der Waals surface area contributed by atoms with E-state index in [4.69, 9.17) is 4.42 Å². The Bertz CT molecular complexity index is 1270. The van der Waals surface area contributed by atoms with Gasteiger partial charge in [-0.1, -0.05) is 12.1 Å². The molecule has 2 amide bonds. The molecule has 9 nitrogen and oxygen atoms in total. The molecule has 178 valence electrons. The number of carbonyl (C=O) groups excluding carboxylic acids is 2. The molecular weight excluding hydrogens is 464 g/mol. The number of carbonyl (C=O) groups is 2. The van der Waals surface area contributed by atoms with Crippen molar-refractivity contribution in [3.8, 4) is 10.8 Å². The van der Waals surface area contributed by atoms with Gasteiger partial charge in [0.15, 0.2) is 10.8 Å². The van der Waals surface area contributed by atoms with Gasteiger partial charge in [0.25, 0.3) is 0 Å². The fraction of sp³-hybridized carbons (Fsp3) is 0.240. The van der Waals surface area contributed by atoms with Crippen LogP contribution in [0.4, 0.5) is 11.6 Å². The van der Waals surface area contributed by atoms with Crippen molar-refractivity contribution in [2.45, 2.75) is 12.8 Å². The van der Waals surface area contributed by atoms with E-state index >= 15 is 0 Å². The molecule has 35 heavy (non-hydrogen) atoms. The minimum Gasteiger partial charge on any atom is -0.462 e. The Hall–Kier alpha value is -4.05. The Morgan fingerprint density at radius 1 is 0.971 bits per heavy atom. The van der Waals surface area contributed by atoms with Crippen molar-refractivity contribution in [3.05, 3.63) is 77.8 Å². The molecule has 10 heteroatoms. The van der Waals surface area contributed by atoms with Gasteiger partial charge < -0.3 is 19.5 Å². The molecule has 3 aromatic heterocycles. The van der Waals surface area contributed by atoms with E-state index in [-0.39, 0.29) is 18.2 Å². The van der Waals surface area contributed by atoms with E-state index in [0.29, 0.717) is 55.7 Å². The quantitative estimate of drug-likeness (QED) is 0.426. The summed E-state index contributed by atoms with van der Waals surface area (Å²) in [6.45, 7) is 2.71. The Morgan fingerprint density at radius 3 is 2.46 bits per heavy atom. The SMILES string of the molecule is O=C(Cc1csc(-c2ccco2)n1)Nc1ccc(CC(=O)N2CCN(c3ncccn3)CC2)cc1. The number of rotatable bonds is 7. The normalized spacial score (nSPS) is 13.6. The van der Waals surface area contributed by atoms with Gasteiger partial charge >= 0.3 is 0 Å². The zero-order valence-corrected chi connectivity index (χ0v) is 19.8. The third-order valence-corrected chi connectivity index (χ3v) is 6.59. The van der Waals surface area contributed by atoms with E-state index in [9.17, 15) is 9.59 Å². The molecule has 0 spiro atoms. The molecule has 0 unspecified atom stereocenters. The maximum Gasteiger partial charge on any atom is 0.230 e. The first-order valence-electron chi connectivity index (χ1n) is 11.3. The van der Waals surface area contributed by atoms with Crippen LogP contribution in [-0.4, -0.2) is 57.8 Å². The molecule has 1 saturated heterocycles. The number of amides is 2. The molecule has 1 aliphatic rings. The van der Waals surface area contributed by atoms with Gasteiger partial charge in [-0.05, 0) is 35.9 Å². The summed E-state index contributed by atoms with van der Waals surface area (Å²) >= 11 is 1.44. The predicted octanol–water partition coefficient (Wildman–Crippen LogP) is 3.27. The zero-order chi connectivity index (χ0) is 24.0. The van der Waals surface area contributed by atoms with Crippen LogP contribution in [-0.2, 0) is 22.4 Å². The average Bonchev–Trinajstić information content (AvgIpc) is 3.58. The molecule has 1 aliphatic heterocycles. The van der Waals surface area contributed by atoms with Crippen molar-refractivity contribution < 1.29 is 14.0 Å². The largest absolute Gasteiger partial charge is 0.462 e. The van der Waals surface area contributed by atoms with Crippen LogP contribution in [0.2, 0.25) is 0 Å². The van der Waals surface area contributed by atoms with Gasteiger partial charge in [0, 0.05) is 49.6 Å². The Labute approximate surface area is 206 Å². The smallest absolute Gasteiger partial charge is 0.230 e. The molecule has 1 N–H and O–H groups in total. The molecule has 0 saturated carbocycles. The Morgan fingerprint density at radius 2 is 1.74 bits per heavy atom. The molecule has 4 heterocycles. The first-order valence-corrected chi connectivity index (χ1v) is 12.2. The summed E-state index contributed by atoms with van der Waals surface area (Å²) in [4.78, 5) is 42.2. The number of hydrogen-bond donors (Lipinski definition) is 1. The summed E-state index contributed by atoms with van der Waals surface area (Å²) in [5.74, 6) is 1.33. The van der Waals surface area contributed by atoms with E-state index in [1.807, 2.05) is 46.7 Å². The van der Waals surface area contributed by atoms with E-state index in [0.717, 1.165) is 10.6 Å². The van der Waals surface area contributed by atoms with Crippen LogP contribution < -0.4 is 10.2 Å². The monoisotopic (exact) mass is 488 g/mol. The van der Waals surface area contributed by atoms with Gasteiger partial charge in [0.2, 0.25) is 17.8 Å². The van der Waals surface area contributed by atoms with Gasteiger partial charge in [-0.25, -0.2) is 15.0 Å². The fourth-order valence-electron chi connectivity index (χ4n) is 3.87. The van der Waals surface area contributed by atoms with Gasteiger partial charge in [0.05, 0.1) is 24.8 Å². The number of nitrogens with zero attached hydrogens (tertiary/aromatic N) is 5. The number of furan rings is 1. The first-order chi connectivity index (χ1) is 17.1. The number of hydrogen-bond acceptors (Lipinski definition) is 8. The second-order valence-electron chi connectivity index (χ2n) is 8.14. The van der Waals surface area contributed by atoms with Crippen LogP contribution in [0.25, 0.3) is 10.8 Å². The summed E-state index contributed by atoms with van der Waals surface area (Å²) in [5, 5.41) is 5.50. The molecule has 0 bridgehead atoms. The summed E-state index contributed by atoms with van der Waals surface area (Å²) in [7, 11) is 0. The molecule has 1 fully saturated rings. The zero-order valence-electron chi connectivity index (χ0n) is 19.0. The van der Waals surface area contributed by atoms with Crippen molar-refractivity contribution in [3.63, 3.8) is 0 Å². The predicted molar refractivity (Wildman–Crippen MR) is 133 cm³/mol. The van der Waals surface area contributed by atoms with Crippen LogP contribution in [0.5, 0.6) is 0 Å². The lowest BCUT2D eigenvalue weighted by atomic mass is 10.1. The lowest BCUT2D eigenvalue weighted by Crippen LogP contribution is -2.49. The lowest BCUT2D eigenvalue weighted by molar-refractivity contribution is -0.130.